The molecule has 2 aromatic heterocycles. The van der Waals surface area contributed by atoms with E-state index in [4.69, 9.17) is 0 Å². The van der Waals surface area contributed by atoms with Crippen LogP contribution in [0.5, 0.6) is 0 Å². The van der Waals surface area contributed by atoms with Gasteiger partial charge in [-0.2, -0.15) is 11.3 Å². The van der Waals surface area contributed by atoms with Crippen LogP contribution >= 0.6 is 11.3 Å². The van der Waals surface area contributed by atoms with Crippen LogP contribution in [0, 0.1) is 6.92 Å². The molecule has 0 radical (unpaired) electrons. The minimum absolute atomic E-state index is 0.250. The Bertz CT molecular complexity index is 465. The highest BCUT2D eigenvalue weighted by atomic mass is 32.1. The van der Waals surface area contributed by atoms with E-state index in [0.29, 0.717) is 0 Å². The molecule has 2 aromatic rings. The van der Waals surface area contributed by atoms with Gasteiger partial charge in [0.1, 0.15) is 5.82 Å². The first-order chi connectivity index (χ1) is 9.29. The molecule has 102 valence electrons. The first-order valence-electron chi connectivity index (χ1n) is 6.82. The van der Waals surface area contributed by atoms with Crippen LogP contribution in [0.25, 0.3) is 0 Å². The quantitative estimate of drug-likeness (QED) is 0.840. The molecule has 0 fully saturated rings. The van der Waals surface area contributed by atoms with Gasteiger partial charge in [0.25, 0.3) is 0 Å². The third kappa shape index (κ3) is 4.40. The second-order valence-electron chi connectivity index (χ2n) is 4.80. The van der Waals surface area contributed by atoms with Crippen molar-refractivity contribution < 1.29 is 0 Å². The lowest BCUT2D eigenvalue weighted by molar-refractivity contribution is 0.476. The molecule has 1 unspecified atom stereocenters. The van der Waals surface area contributed by atoms with Crippen molar-refractivity contribution in [3.8, 4) is 0 Å². The Kier molecular flexibility index (Phi) is 5.48. The molecule has 0 aromatic carbocycles. The van der Waals surface area contributed by atoms with Crippen LogP contribution in [-0.2, 0) is 6.42 Å². The monoisotopic (exact) mass is 275 g/mol. The van der Waals surface area contributed by atoms with Crippen LogP contribution in [0.2, 0.25) is 0 Å². The highest BCUT2D eigenvalue weighted by molar-refractivity contribution is 7.07. The molecule has 1 atom stereocenters. The minimum atomic E-state index is 0.250. The number of aryl methyl sites for hydroxylation is 2. The largest absolute Gasteiger partial charge is 0.307 e. The van der Waals surface area contributed by atoms with Gasteiger partial charge in [0.15, 0.2) is 0 Å². The predicted octanol–water partition coefficient (Wildman–Crippen LogP) is 3.52. The molecule has 0 saturated heterocycles. The fraction of sp³-hybridized carbons (Fsp3) is 0.467. The number of hydrogen-bond acceptors (Lipinski definition) is 4. The van der Waals surface area contributed by atoms with E-state index >= 15 is 0 Å². The average molecular weight is 275 g/mol. The Morgan fingerprint density at radius 2 is 2.11 bits per heavy atom. The van der Waals surface area contributed by atoms with Crippen molar-refractivity contribution in [1.29, 1.82) is 0 Å². The molecule has 0 saturated carbocycles. The maximum Gasteiger partial charge on any atom is 0.145 e. The van der Waals surface area contributed by atoms with Crippen molar-refractivity contribution in [2.45, 2.75) is 39.2 Å². The fourth-order valence-corrected chi connectivity index (χ4v) is 2.67. The zero-order valence-corrected chi connectivity index (χ0v) is 12.4. The summed E-state index contributed by atoms with van der Waals surface area (Å²) >= 11 is 1.76. The molecule has 4 heteroatoms. The summed E-state index contributed by atoms with van der Waals surface area (Å²) in [6.45, 7) is 5.20. The summed E-state index contributed by atoms with van der Waals surface area (Å²) < 4.78 is 0. The molecule has 0 bridgehead atoms. The Morgan fingerprint density at radius 3 is 2.74 bits per heavy atom. The Balaban J connectivity index is 2.00. The van der Waals surface area contributed by atoms with Crippen molar-refractivity contribution in [3.05, 3.63) is 46.2 Å². The first-order valence-corrected chi connectivity index (χ1v) is 7.77. The van der Waals surface area contributed by atoms with E-state index in [0.717, 1.165) is 37.2 Å². The van der Waals surface area contributed by atoms with Crippen LogP contribution in [0.1, 0.15) is 42.8 Å². The molecular weight excluding hydrogens is 254 g/mol. The molecule has 0 spiro atoms. The van der Waals surface area contributed by atoms with Crippen LogP contribution in [-0.4, -0.2) is 16.5 Å². The van der Waals surface area contributed by atoms with Gasteiger partial charge in [0, 0.05) is 12.4 Å². The Hall–Kier alpha value is -1.26. The molecule has 2 rings (SSSR count). The summed E-state index contributed by atoms with van der Waals surface area (Å²) in [6, 6.07) is 2.44. The number of aromatic nitrogens is 2. The lowest BCUT2D eigenvalue weighted by Gasteiger charge is -2.16. The third-order valence-electron chi connectivity index (χ3n) is 3.06. The van der Waals surface area contributed by atoms with E-state index in [-0.39, 0.29) is 6.04 Å². The van der Waals surface area contributed by atoms with E-state index in [9.17, 15) is 0 Å². The van der Waals surface area contributed by atoms with Crippen molar-refractivity contribution in [2.75, 3.05) is 6.54 Å². The van der Waals surface area contributed by atoms with Gasteiger partial charge in [0.05, 0.1) is 6.04 Å². The standard InChI is InChI=1S/C15H21N3S/c1-3-7-16-14(5-4-13-6-8-19-11-13)15-17-9-12(2)10-18-15/h6,8-11,14,16H,3-5,7H2,1-2H3. The molecule has 1 N–H and O–H groups in total. The summed E-state index contributed by atoms with van der Waals surface area (Å²) in [6.07, 6.45) is 7.03. The van der Waals surface area contributed by atoms with Crippen molar-refractivity contribution in [1.82, 2.24) is 15.3 Å². The molecular formula is C15H21N3S. The molecule has 2 heterocycles. The molecule has 0 aliphatic rings. The molecule has 0 aliphatic heterocycles. The summed E-state index contributed by atoms with van der Waals surface area (Å²) in [5, 5.41) is 7.89. The SMILES string of the molecule is CCCNC(CCc1ccsc1)c1ncc(C)cn1. The number of rotatable bonds is 7. The predicted molar refractivity (Wildman–Crippen MR) is 80.4 cm³/mol. The van der Waals surface area contributed by atoms with Crippen molar-refractivity contribution in [3.63, 3.8) is 0 Å². The van der Waals surface area contributed by atoms with Gasteiger partial charge in [0.2, 0.25) is 0 Å². The zero-order chi connectivity index (χ0) is 13.5. The summed E-state index contributed by atoms with van der Waals surface area (Å²) in [7, 11) is 0. The molecule has 0 aliphatic carbocycles. The van der Waals surface area contributed by atoms with E-state index in [1.165, 1.54) is 5.56 Å². The van der Waals surface area contributed by atoms with Gasteiger partial charge in [-0.05, 0) is 60.7 Å². The van der Waals surface area contributed by atoms with Crippen LogP contribution in [0.4, 0.5) is 0 Å². The lowest BCUT2D eigenvalue weighted by Crippen LogP contribution is -2.24. The van der Waals surface area contributed by atoms with Gasteiger partial charge in [-0.3, -0.25) is 0 Å². The average Bonchev–Trinajstić information content (AvgIpc) is 2.93. The van der Waals surface area contributed by atoms with Gasteiger partial charge in [-0.25, -0.2) is 9.97 Å². The third-order valence-corrected chi connectivity index (χ3v) is 3.79. The number of nitrogens with zero attached hydrogens (tertiary/aromatic N) is 2. The van der Waals surface area contributed by atoms with Crippen LogP contribution in [0.3, 0.4) is 0 Å². The van der Waals surface area contributed by atoms with E-state index in [1.807, 2.05) is 19.3 Å². The zero-order valence-electron chi connectivity index (χ0n) is 11.6. The number of nitrogens with one attached hydrogen (secondary N) is 1. The van der Waals surface area contributed by atoms with E-state index in [2.05, 4.69) is 39.0 Å². The first kappa shape index (κ1) is 14.2. The Morgan fingerprint density at radius 1 is 1.32 bits per heavy atom. The second kappa shape index (κ2) is 7.36. The summed E-state index contributed by atoms with van der Waals surface area (Å²) in [5.74, 6) is 0.911. The molecule has 0 amide bonds. The normalized spacial score (nSPS) is 12.5. The Labute approximate surface area is 119 Å². The van der Waals surface area contributed by atoms with Gasteiger partial charge in [-0.1, -0.05) is 6.92 Å². The summed E-state index contributed by atoms with van der Waals surface area (Å²) in [4.78, 5) is 8.92. The van der Waals surface area contributed by atoms with Gasteiger partial charge in [-0.15, -0.1) is 0 Å². The van der Waals surface area contributed by atoms with Gasteiger partial charge < -0.3 is 5.32 Å². The highest BCUT2D eigenvalue weighted by Crippen LogP contribution is 2.17. The smallest absolute Gasteiger partial charge is 0.145 e. The fourth-order valence-electron chi connectivity index (χ4n) is 1.97. The van der Waals surface area contributed by atoms with Crippen LogP contribution < -0.4 is 5.32 Å². The topological polar surface area (TPSA) is 37.8 Å². The number of hydrogen-bond donors (Lipinski definition) is 1. The molecule has 19 heavy (non-hydrogen) atoms. The maximum atomic E-state index is 4.46. The van der Waals surface area contributed by atoms with E-state index in [1.54, 1.807) is 11.3 Å². The molecule has 3 nitrogen and oxygen atoms in total. The van der Waals surface area contributed by atoms with Gasteiger partial charge >= 0.3 is 0 Å². The number of thiophene rings is 1. The van der Waals surface area contributed by atoms with Crippen molar-refractivity contribution >= 4 is 11.3 Å². The van der Waals surface area contributed by atoms with E-state index < -0.39 is 0 Å². The van der Waals surface area contributed by atoms with Crippen LogP contribution in [0.15, 0.2) is 29.2 Å². The lowest BCUT2D eigenvalue weighted by atomic mass is 10.1. The minimum Gasteiger partial charge on any atom is -0.307 e. The summed E-state index contributed by atoms with van der Waals surface area (Å²) in [5.41, 5.74) is 2.51. The highest BCUT2D eigenvalue weighted by Gasteiger charge is 2.13. The maximum absolute atomic E-state index is 4.46. The van der Waals surface area contributed by atoms with Crippen molar-refractivity contribution in [2.24, 2.45) is 0 Å². The second-order valence-corrected chi connectivity index (χ2v) is 5.58.